The summed E-state index contributed by atoms with van der Waals surface area (Å²) in [4.78, 5) is 29.1. The topological polar surface area (TPSA) is 83.5 Å². The van der Waals surface area contributed by atoms with Crippen LogP contribution in [0.15, 0.2) is 36.5 Å². The summed E-state index contributed by atoms with van der Waals surface area (Å²) < 4.78 is 20.6. The number of halogens is 1. The molecule has 0 atom stereocenters. The van der Waals surface area contributed by atoms with E-state index in [1.54, 1.807) is 43.6 Å². The van der Waals surface area contributed by atoms with Crippen LogP contribution in [0.3, 0.4) is 0 Å². The van der Waals surface area contributed by atoms with Gasteiger partial charge in [0.2, 0.25) is 11.8 Å². The SMILES string of the molecule is CC(C)NC(=O)N(C)c1cnc2ccc(-c3ccc(OCCCN4CCCCC4)nc3F)cc2n1. The highest BCUT2D eigenvalue weighted by Gasteiger charge is 2.15. The molecule has 0 spiro atoms. The Balaban J connectivity index is 1.43. The van der Waals surface area contributed by atoms with E-state index in [1.165, 1.54) is 24.2 Å². The Hall–Kier alpha value is -3.33. The molecule has 1 aliphatic rings. The van der Waals surface area contributed by atoms with Gasteiger partial charge >= 0.3 is 6.03 Å². The highest BCUT2D eigenvalue weighted by Crippen LogP contribution is 2.27. The van der Waals surface area contributed by atoms with E-state index in [0.29, 0.717) is 34.6 Å². The number of nitrogens with zero attached hydrogens (tertiary/aromatic N) is 5. The summed E-state index contributed by atoms with van der Waals surface area (Å²) >= 11 is 0. The van der Waals surface area contributed by atoms with Crippen molar-refractivity contribution in [2.45, 2.75) is 45.6 Å². The summed E-state index contributed by atoms with van der Waals surface area (Å²) in [6.45, 7) is 7.59. The van der Waals surface area contributed by atoms with E-state index in [9.17, 15) is 9.18 Å². The average molecular weight is 481 g/mol. The first-order chi connectivity index (χ1) is 16.9. The van der Waals surface area contributed by atoms with Gasteiger partial charge in [0, 0.05) is 31.3 Å². The maximum absolute atomic E-state index is 14.9. The lowest BCUT2D eigenvalue weighted by molar-refractivity contribution is 0.202. The van der Waals surface area contributed by atoms with Crippen LogP contribution in [0.4, 0.5) is 15.0 Å². The van der Waals surface area contributed by atoms with Crippen LogP contribution in [-0.2, 0) is 0 Å². The van der Waals surface area contributed by atoms with Crippen LogP contribution in [0.2, 0.25) is 0 Å². The van der Waals surface area contributed by atoms with Gasteiger partial charge in [-0.15, -0.1) is 0 Å². The minimum atomic E-state index is -0.601. The summed E-state index contributed by atoms with van der Waals surface area (Å²) in [5.41, 5.74) is 2.18. The largest absolute Gasteiger partial charge is 0.478 e. The number of ether oxygens (including phenoxy) is 1. The molecule has 0 aliphatic carbocycles. The minimum absolute atomic E-state index is 0.00191. The molecule has 0 bridgehead atoms. The molecule has 2 amide bonds. The van der Waals surface area contributed by atoms with Crippen LogP contribution in [0.25, 0.3) is 22.2 Å². The quantitative estimate of drug-likeness (QED) is 0.374. The summed E-state index contributed by atoms with van der Waals surface area (Å²) in [6, 6.07) is 8.40. The fraction of sp³-hybridized carbons (Fsp3) is 0.462. The van der Waals surface area contributed by atoms with E-state index < -0.39 is 5.95 Å². The average Bonchev–Trinajstić information content (AvgIpc) is 2.86. The normalized spacial score (nSPS) is 14.3. The van der Waals surface area contributed by atoms with E-state index in [4.69, 9.17) is 4.74 Å². The maximum atomic E-state index is 14.9. The summed E-state index contributed by atoms with van der Waals surface area (Å²) in [7, 11) is 1.63. The summed E-state index contributed by atoms with van der Waals surface area (Å²) in [5, 5.41) is 2.82. The molecule has 3 aromatic rings. The number of pyridine rings is 1. The molecule has 9 heteroatoms. The highest BCUT2D eigenvalue weighted by molar-refractivity contribution is 5.91. The second-order valence-corrected chi connectivity index (χ2v) is 9.19. The molecule has 35 heavy (non-hydrogen) atoms. The fourth-order valence-corrected chi connectivity index (χ4v) is 4.14. The molecule has 1 N–H and O–H groups in total. The van der Waals surface area contributed by atoms with Gasteiger partial charge in [-0.1, -0.05) is 12.5 Å². The molecule has 1 aliphatic heterocycles. The lowest BCUT2D eigenvalue weighted by atomic mass is 10.1. The molecule has 0 radical (unpaired) electrons. The number of rotatable bonds is 8. The van der Waals surface area contributed by atoms with E-state index >= 15 is 0 Å². The van der Waals surface area contributed by atoms with Crippen molar-refractivity contribution in [2.75, 3.05) is 38.2 Å². The van der Waals surface area contributed by atoms with Crippen LogP contribution in [0.1, 0.15) is 39.5 Å². The van der Waals surface area contributed by atoms with Gasteiger partial charge in [-0.05, 0) is 70.0 Å². The molecule has 1 fully saturated rings. The number of nitrogens with one attached hydrogen (secondary N) is 1. The predicted octanol–water partition coefficient (Wildman–Crippen LogP) is 4.64. The number of benzene rings is 1. The van der Waals surface area contributed by atoms with Gasteiger partial charge in [0.1, 0.15) is 0 Å². The van der Waals surface area contributed by atoms with Crippen molar-refractivity contribution in [1.82, 2.24) is 25.2 Å². The zero-order valence-electron chi connectivity index (χ0n) is 20.6. The fourth-order valence-electron chi connectivity index (χ4n) is 4.14. The Labute approximate surface area is 205 Å². The Morgan fingerprint density at radius 1 is 1.14 bits per heavy atom. The van der Waals surface area contributed by atoms with Crippen molar-refractivity contribution in [3.63, 3.8) is 0 Å². The molecule has 1 saturated heterocycles. The molecule has 8 nitrogen and oxygen atoms in total. The second-order valence-electron chi connectivity index (χ2n) is 9.19. The number of carbonyl (C=O) groups is 1. The van der Waals surface area contributed by atoms with Gasteiger partial charge in [-0.3, -0.25) is 9.88 Å². The molecule has 186 valence electrons. The van der Waals surface area contributed by atoms with Crippen molar-refractivity contribution >= 4 is 22.9 Å². The Kier molecular flexibility index (Phi) is 8.07. The summed E-state index contributed by atoms with van der Waals surface area (Å²) in [5.74, 6) is 0.0840. The van der Waals surface area contributed by atoms with Gasteiger partial charge in [-0.2, -0.15) is 9.37 Å². The number of anilines is 1. The number of urea groups is 1. The minimum Gasteiger partial charge on any atom is -0.478 e. The standard InChI is InChI=1S/C26H33FN6O2/c1-18(2)29-26(34)32(3)23-17-28-21-10-8-19(16-22(21)30-23)20-9-11-24(31-25(20)27)35-15-7-14-33-12-5-4-6-13-33/h8-11,16-18H,4-7,12-15H2,1-3H3,(H,29,34). The van der Waals surface area contributed by atoms with Crippen LogP contribution < -0.4 is 15.0 Å². The molecule has 2 aromatic heterocycles. The first-order valence-electron chi connectivity index (χ1n) is 12.2. The van der Waals surface area contributed by atoms with E-state index in [2.05, 4.69) is 25.2 Å². The van der Waals surface area contributed by atoms with Crippen LogP contribution in [0, 0.1) is 5.95 Å². The third kappa shape index (κ3) is 6.42. The molecule has 4 rings (SSSR count). The van der Waals surface area contributed by atoms with Crippen LogP contribution >= 0.6 is 0 Å². The number of amides is 2. The predicted molar refractivity (Wildman–Crippen MR) is 135 cm³/mol. The smallest absolute Gasteiger partial charge is 0.323 e. The Morgan fingerprint density at radius 3 is 2.69 bits per heavy atom. The first kappa shape index (κ1) is 24.8. The lowest BCUT2D eigenvalue weighted by Gasteiger charge is -2.26. The van der Waals surface area contributed by atoms with Crippen molar-refractivity contribution < 1.29 is 13.9 Å². The van der Waals surface area contributed by atoms with E-state index in [0.717, 1.165) is 26.1 Å². The monoisotopic (exact) mass is 480 g/mol. The first-order valence-corrected chi connectivity index (χ1v) is 12.2. The molecule has 0 saturated carbocycles. The Bertz CT molecular complexity index is 1170. The van der Waals surface area contributed by atoms with Gasteiger partial charge < -0.3 is 15.0 Å². The van der Waals surface area contributed by atoms with Crippen molar-refractivity contribution in [3.8, 4) is 17.0 Å². The number of piperidine rings is 1. The van der Waals surface area contributed by atoms with Gasteiger partial charge in [0.25, 0.3) is 0 Å². The van der Waals surface area contributed by atoms with Gasteiger partial charge in [0.05, 0.1) is 23.8 Å². The zero-order valence-corrected chi connectivity index (χ0v) is 20.6. The maximum Gasteiger partial charge on any atom is 0.323 e. The van der Waals surface area contributed by atoms with Crippen molar-refractivity contribution in [1.29, 1.82) is 0 Å². The van der Waals surface area contributed by atoms with E-state index in [1.807, 2.05) is 13.8 Å². The number of carbonyl (C=O) groups excluding carboxylic acids is 1. The molecule has 0 unspecified atom stereocenters. The van der Waals surface area contributed by atoms with Gasteiger partial charge in [-0.25, -0.2) is 9.78 Å². The second kappa shape index (κ2) is 11.4. The number of likely N-dealkylation sites (tertiary alicyclic amines) is 1. The Morgan fingerprint density at radius 2 is 1.94 bits per heavy atom. The number of fused-ring (bicyclic) bond motifs is 1. The zero-order chi connectivity index (χ0) is 24.8. The third-order valence-electron chi connectivity index (χ3n) is 6.04. The molecular weight excluding hydrogens is 447 g/mol. The molecule has 3 heterocycles. The van der Waals surface area contributed by atoms with Gasteiger partial charge in [0.15, 0.2) is 5.82 Å². The number of aromatic nitrogens is 3. The molecule has 1 aromatic carbocycles. The van der Waals surface area contributed by atoms with Crippen LogP contribution in [0.5, 0.6) is 5.88 Å². The van der Waals surface area contributed by atoms with Crippen LogP contribution in [-0.4, -0.2) is 65.2 Å². The number of hydrogen-bond donors (Lipinski definition) is 1. The third-order valence-corrected chi connectivity index (χ3v) is 6.04. The number of hydrogen-bond acceptors (Lipinski definition) is 6. The summed E-state index contributed by atoms with van der Waals surface area (Å²) in [6.07, 6.45) is 6.28. The lowest BCUT2D eigenvalue weighted by Crippen LogP contribution is -2.41. The highest BCUT2D eigenvalue weighted by atomic mass is 19.1. The van der Waals surface area contributed by atoms with Crippen molar-refractivity contribution in [2.24, 2.45) is 0 Å². The van der Waals surface area contributed by atoms with Crippen molar-refractivity contribution in [3.05, 3.63) is 42.5 Å². The molecular formula is C26H33FN6O2. The van der Waals surface area contributed by atoms with E-state index in [-0.39, 0.29) is 18.0 Å².